The summed E-state index contributed by atoms with van der Waals surface area (Å²) < 4.78 is 7.08. The topological polar surface area (TPSA) is 92.9 Å². The van der Waals surface area contributed by atoms with Crippen molar-refractivity contribution in [3.63, 3.8) is 0 Å². The van der Waals surface area contributed by atoms with Crippen LogP contribution in [0.25, 0.3) is 0 Å². The van der Waals surface area contributed by atoms with Crippen LogP contribution in [0.15, 0.2) is 51.9 Å². The van der Waals surface area contributed by atoms with Gasteiger partial charge in [-0.3, -0.25) is 9.59 Å². The van der Waals surface area contributed by atoms with Crippen molar-refractivity contribution in [1.82, 2.24) is 14.8 Å². The number of amides is 1. The van der Waals surface area contributed by atoms with E-state index in [1.165, 1.54) is 12.3 Å². The molecule has 22 heavy (non-hydrogen) atoms. The largest absolute Gasteiger partial charge is 0.464 e. The quantitative estimate of drug-likeness (QED) is 0.767. The van der Waals surface area contributed by atoms with Crippen LogP contribution >= 0.6 is 0 Å². The molecule has 0 aliphatic rings. The van der Waals surface area contributed by atoms with Crippen molar-refractivity contribution in [3.8, 4) is 0 Å². The maximum atomic E-state index is 12.1. The average molecular weight is 298 g/mol. The van der Waals surface area contributed by atoms with Crippen molar-refractivity contribution in [2.75, 3.05) is 5.32 Å². The molecular weight excluding hydrogens is 284 g/mol. The van der Waals surface area contributed by atoms with Gasteiger partial charge in [-0.25, -0.2) is 4.68 Å². The third-order valence-corrected chi connectivity index (χ3v) is 3.12. The van der Waals surface area contributed by atoms with Gasteiger partial charge in [-0.1, -0.05) is 0 Å². The Kier molecular flexibility index (Phi) is 3.61. The summed E-state index contributed by atoms with van der Waals surface area (Å²) >= 11 is 0. The number of carbonyl (C=O) groups is 1. The van der Waals surface area contributed by atoms with Crippen LogP contribution in [0.1, 0.15) is 21.9 Å². The van der Waals surface area contributed by atoms with Crippen LogP contribution in [-0.4, -0.2) is 20.7 Å². The highest BCUT2D eigenvalue weighted by Crippen LogP contribution is 2.13. The second kappa shape index (κ2) is 5.72. The van der Waals surface area contributed by atoms with Crippen LogP contribution in [0.5, 0.6) is 0 Å². The molecule has 7 heteroatoms. The van der Waals surface area contributed by atoms with E-state index in [1.807, 2.05) is 19.1 Å². The first-order valence-corrected chi connectivity index (χ1v) is 6.69. The summed E-state index contributed by atoms with van der Waals surface area (Å²) in [4.78, 5) is 26.2. The normalized spacial score (nSPS) is 10.6. The number of aryl methyl sites for hydroxylation is 1. The van der Waals surface area contributed by atoms with Gasteiger partial charge in [-0.05, 0) is 31.2 Å². The molecule has 7 nitrogen and oxygen atoms in total. The summed E-state index contributed by atoms with van der Waals surface area (Å²) in [5, 5.41) is 6.82. The third-order valence-electron chi connectivity index (χ3n) is 3.12. The molecule has 0 saturated heterocycles. The second-order valence-electron chi connectivity index (χ2n) is 4.75. The Hall–Kier alpha value is -3.09. The number of H-pyrrole nitrogens is 1. The third kappa shape index (κ3) is 2.83. The van der Waals surface area contributed by atoms with Gasteiger partial charge in [-0.2, -0.15) is 5.10 Å². The van der Waals surface area contributed by atoms with Gasteiger partial charge in [0.1, 0.15) is 29.4 Å². The van der Waals surface area contributed by atoms with E-state index in [4.69, 9.17) is 4.42 Å². The van der Waals surface area contributed by atoms with E-state index in [0.717, 1.165) is 11.5 Å². The van der Waals surface area contributed by atoms with Crippen molar-refractivity contribution < 1.29 is 9.21 Å². The van der Waals surface area contributed by atoms with Gasteiger partial charge in [0.25, 0.3) is 11.5 Å². The monoisotopic (exact) mass is 298 g/mol. The van der Waals surface area contributed by atoms with Gasteiger partial charge >= 0.3 is 0 Å². The first-order valence-electron chi connectivity index (χ1n) is 6.69. The number of hydrogen-bond donors (Lipinski definition) is 2. The van der Waals surface area contributed by atoms with Crippen molar-refractivity contribution >= 4 is 11.7 Å². The lowest BCUT2D eigenvalue weighted by atomic mass is 10.2. The Balaban J connectivity index is 1.79. The Labute approximate surface area is 125 Å². The van der Waals surface area contributed by atoms with Gasteiger partial charge in [0, 0.05) is 12.3 Å². The fraction of sp³-hybridized carbons (Fsp3) is 0.133. The number of pyridine rings is 1. The lowest BCUT2D eigenvalue weighted by Crippen LogP contribution is -2.23. The molecule has 0 bridgehead atoms. The minimum Gasteiger partial charge on any atom is -0.464 e. The number of furan rings is 1. The van der Waals surface area contributed by atoms with E-state index in [2.05, 4.69) is 15.4 Å². The smallest absolute Gasteiger partial charge is 0.262 e. The highest BCUT2D eigenvalue weighted by Gasteiger charge is 2.13. The van der Waals surface area contributed by atoms with Crippen LogP contribution < -0.4 is 10.9 Å². The highest BCUT2D eigenvalue weighted by molar-refractivity contribution is 6.03. The van der Waals surface area contributed by atoms with Crippen LogP contribution in [0.2, 0.25) is 0 Å². The van der Waals surface area contributed by atoms with Crippen LogP contribution in [0, 0.1) is 6.92 Å². The lowest BCUT2D eigenvalue weighted by Gasteiger charge is -2.07. The zero-order chi connectivity index (χ0) is 15.5. The lowest BCUT2D eigenvalue weighted by molar-refractivity contribution is 0.102. The summed E-state index contributed by atoms with van der Waals surface area (Å²) in [5.41, 5.74) is -0.392. The van der Waals surface area contributed by atoms with Crippen molar-refractivity contribution in [2.24, 2.45) is 0 Å². The van der Waals surface area contributed by atoms with Crippen LogP contribution in [0.3, 0.4) is 0 Å². The summed E-state index contributed by atoms with van der Waals surface area (Å²) in [6, 6.07) is 8.43. The van der Waals surface area contributed by atoms with E-state index in [1.54, 1.807) is 23.0 Å². The van der Waals surface area contributed by atoms with E-state index < -0.39 is 11.5 Å². The standard InChI is InChI=1S/C15H14N4O3/c1-10-4-5-11(22-10)9-19-13(6-8-17-19)18-15(21)12-3-2-7-16-14(12)20/h2-8H,9H2,1H3,(H,16,20)(H,18,21). The molecule has 3 aromatic heterocycles. The van der Waals surface area contributed by atoms with Gasteiger partial charge < -0.3 is 14.7 Å². The molecule has 0 saturated carbocycles. The number of rotatable bonds is 4. The summed E-state index contributed by atoms with van der Waals surface area (Å²) in [5.74, 6) is 1.54. The molecule has 112 valence electrons. The van der Waals surface area contributed by atoms with Crippen LogP contribution in [-0.2, 0) is 6.54 Å². The van der Waals surface area contributed by atoms with Gasteiger partial charge in [0.15, 0.2) is 0 Å². The Morgan fingerprint density at radius 2 is 2.23 bits per heavy atom. The SMILES string of the molecule is Cc1ccc(Cn2nccc2NC(=O)c2ccc[nH]c2=O)o1. The summed E-state index contributed by atoms with van der Waals surface area (Å²) in [7, 11) is 0. The first kappa shape index (κ1) is 13.9. The number of nitrogens with one attached hydrogen (secondary N) is 2. The minimum atomic E-state index is -0.487. The van der Waals surface area contributed by atoms with Crippen molar-refractivity contribution in [1.29, 1.82) is 0 Å². The molecule has 2 N–H and O–H groups in total. The molecule has 0 unspecified atom stereocenters. The molecule has 3 rings (SSSR count). The van der Waals surface area contributed by atoms with Gasteiger partial charge in [0.05, 0.1) is 6.20 Å². The highest BCUT2D eigenvalue weighted by atomic mass is 16.3. The molecule has 0 aliphatic heterocycles. The summed E-state index contributed by atoms with van der Waals surface area (Å²) in [6.45, 7) is 2.25. The zero-order valence-corrected chi connectivity index (χ0v) is 11.9. The van der Waals surface area contributed by atoms with Crippen molar-refractivity contribution in [3.05, 3.63) is 70.2 Å². The predicted molar refractivity (Wildman–Crippen MR) is 79.8 cm³/mol. The number of carbonyl (C=O) groups excluding carboxylic acids is 1. The molecule has 3 aromatic rings. The van der Waals surface area contributed by atoms with E-state index in [-0.39, 0.29) is 5.56 Å². The molecule has 0 fully saturated rings. The number of hydrogen-bond acceptors (Lipinski definition) is 4. The Morgan fingerprint density at radius 3 is 2.95 bits per heavy atom. The average Bonchev–Trinajstić information content (AvgIpc) is 3.09. The number of aromatic amines is 1. The van der Waals surface area contributed by atoms with Crippen molar-refractivity contribution in [2.45, 2.75) is 13.5 Å². The van der Waals surface area contributed by atoms with E-state index >= 15 is 0 Å². The first-order chi connectivity index (χ1) is 10.6. The minimum absolute atomic E-state index is 0.0455. The fourth-order valence-electron chi connectivity index (χ4n) is 2.07. The molecule has 0 spiro atoms. The van der Waals surface area contributed by atoms with E-state index in [0.29, 0.717) is 12.4 Å². The number of aromatic nitrogens is 3. The molecule has 0 atom stereocenters. The maximum Gasteiger partial charge on any atom is 0.262 e. The Morgan fingerprint density at radius 1 is 1.36 bits per heavy atom. The fourth-order valence-corrected chi connectivity index (χ4v) is 2.07. The maximum absolute atomic E-state index is 12.1. The zero-order valence-electron chi connectivity index (χ0n) is 11.9. The molecule has 3 heterocycles. The molecular formula is C15H14N4O3. The molecule has 0 aliphatic carbocycles. The Bertz CT molecular complexity index is 859. The van der Waals surface area contributed by atoms with Crippen LogP contribution in [0.4, 0.5) is 5.82 Å². The number of nitrogens with zero attached hydrogens (tertiary/aromatic N) is 2. The summed E-state index contributed by atoms with van der Waals surface area (Å²) in [6.07, 6.45) is 3.04. The molecule has 1 amide bonds. The number of anilines is 1. The van der Waals surface area contributed by atoms with E-state index in [9.17, 15) is 9.59 Å². The predicted octanol–water partition coefficient (Wildman–Crippen LogP) is 1.77. The van der Waals surface area contributed by atoms with Gasteiger partial charge in [-0.15, -0.1) is 0 Å². The second-order valence-corrected chi connectivity index (χ2v) is 4.75. The molecule has 0 radical (unpaired) electrons. The van der Waals surface area contributed by atoms with Gasteiger partial charge in [0.2, 0.25) is 0 Å². The molecule has 0 aromatic carbocycles.